The van der Waals surface area contributed by atoms with Crippen molar-refractivity contribution >= 4 is 21.6 Å². The van der Waals surface area contributed by atoms with Gasteiger partial charge in [0.2, 0.25) is 10.0 Å². The molecule has 1 heterocycles. The Balaban J connectivity index is 1.82. The molecule has 2 aliphatic rings. The van der Waals surface area contributed by atoms with Crippen LogP contribution in [-0.4, -0.2) is 38.5 Å². The zero-order chi connectivity index (χ0) is 16.8. The summed E-state index contributed by atoms with van der Waals surface area (Å²) in [4.78, 5) is -0.0299. The summed E-state index contributed by atoms with van der Waals surface area (Å²) in [5.41, 5.74) is 6.02. The highest BCUT2D eigenvalue weighted by Gasteiger charge is 2.45. The van der Waals surface area contributed by atoms with Gasteiger partial charge in [0.15, 0.2) is 0 Å². The first-order valence-corrected chi connectivity index (χ1v) is 9.11. The van der Waals surface area contributed by atoms with E-state index in [-0.39, 0.29) is 33.5 Å². The molecule has 1 saturated carbocycles. The van der Waals surface area contributed by atoms with Gasteiger partial charge >= 0.3 is 6.61 Å². The van der Waals surface area contributed by atoms with Crippen LogP contribution < -0.4 is 10.5 Å². The van der Waals surface area contributed by atoms with Crippen LogP contribution in [-0.2, 0) is 10.0 Å². The van der Waals surface area contributed by atoms with Gasteiger partial charge in [0.1, 0.15) is 5.75 Å². The number of hydrogen-bond donors (Lipinski definition) is 1. The molecule has 5 nitrogen and oxygen atoms in total. The van der Waals surface area contributed by atoms with Crippen LogP contribution in [0.15, 0.2) is 23.1 Å². The van der Waals surface area contributed by atoms with Crippen molar-refractivity contribution in [3.63, 3.8) is 0 Å². The van der Waals surface area contributed by atoms with Crippen molar-refractivity contribution in [2.24, 2.45) is 17.6 Å². The van der Waals surface area contributed by atoms with E-state index in [9.17, 15) is 17.2 Å². The van der Waals surface area contributed by atoms with Crippen LogP contribution in [0.3, 0.4) is 0 Å². The molecule has 23 heavy (non-hydrogen) atoms. The summed E-state index contributed by atoms with van der Waals surface area (Å²) in [6, 6.07) is 3.55. The molecule has 128 valence electrons. The normalized spacial score (nSPS) is 28.3. The smallest absolute Gasteiger partial charge is 0.387 e. The molecule has 0 radical (unpaired) electrons. The molecule has 1 aromatic carbocycles. The first kappa shape index (κ1) is 16.9. The van der Waals surface area contributed by atoms with Gasteiger partial charge in [-0.3, -0.25) is 0 Å². The van der Waals surface area contributed by atoms with Gasteiger partial charge in [-0.15, -0.1) is 0 Å². The van der Waals surface area contributed by atoms with Gasteiger partial charge in [-0.25, -0.2) is 8.42 Å². The summed E-state index contributed by atoms with van der Waals surface area (Å²) in [6.07, 6.45) is 1.86. The third kappa shape index (κ3) is 3.17. The van der Waals surface area contributed by atoms with E-state index in [0.717, 1.165) is 25.0 Å². The largest absolute Gasteiger partial charge is 0.433 e. The van der Waals surface area contributed by atoms with Crippen molar-refractivity contribution < 1.29 is 21.9 Å². The number of halogens is 3. The minimum absolute atomic E-state index is 0.0299. The van der Waals surface area contributed by atoms with Crippen LogP contribution in [0.4, 0.5) is 8.78 Å². The summed E-state index contributed by atoms with van der Waals surface area (Å²) in [5.74, 6) is 0.222. The van der Waals surface area contributed by atoms with Crippen LogP contribution >= 0.6 is 11.6 Å². The molecule has 2 fully saturated rings. The predicted molar refractivity (Wildman–Crippen MR) is 81.0 cm³/mol. The highest BCUT2D eigenvalue weighted by atomic mass is 35.5. The van der Waals surface area contributed by atoms with Crippen LogP contribution in [0.2, 0.25) is 5.02 Å². The Hall–Kier alpha value is -0.960. The van der Waals surface area contributed by atoms with Gasteiger partial charge in [-0.2, -0.15) is 13.1 Å². The van der Waals surface area contributed by atoms with E-state index >= 15 is 0 Å². The molecule has 0 amide bonds. The topological polar surface area (TPSA) is 72.6 Å². The lowest BCUT2D eigenvalue weighted by Gasteiger charge is -2.19. The van der Waals surface area contributed by atoms with E-state index in [1.807, 2.05) is 0 Å². The molecule has 2 N–H and O–H groups in total. The van der Waals surface area contributed by atoms with E-state index in [4.69, 9.17) is 17.3 Å². The van der Waals surface area contributed by atoms with E-state index in [2.05, 4.69) is 4.74 Å². The average molecular weight is 367 g/mol. The Morgan fingerprint density at radius 2 is 2.04 bits per heavy atom. The number of fused-ring (bicyclic) bond motifs is 1. The molecule has 0 bridgehead atoms. The molecule has 3 atom stereocenters. The summed E-state index contributed by atoms with van der Waals surface area (Å²) < 4.78 is 55.5. The van der Waals surface area contributed by atoms with E-state index < -0.39 is 16.6 Å². The number of benzene rings is 1. The summed E-state index contributed by atoms with van der Waals surface area (Å²) in [6.45, 7) is -2.19. The second kappa shape index (κ2) is 6.16. The maximum Gasteiger partial charge on any atom is 0.387 e. The fraction of sp³-hybridized carbons (Fsp3) is 0.571. The first-order valence-electron chi connectivity index (χ1n) is 7.29. The third-order valence-corrected chi connectivity index (χ3v) is 6.76. The third-order valence-electron chi connectivity index (χ3n) is 4.64. The summed E-state index contributed by atoms with van der Waals surface area (Å²) in [7, 11) is -3.72. The van der Waals surface area contributed by atoms with Crippen LogP contribution in [0.1, 0.15) is 12.8 Å². The van der Waals surface area contributed by atoms with Crippen LogP contribution in [0.25, 0.3) is 0 Å². The Morgan fingerprint density at radius 3 is 2.65 bits per heavy atom. The van der Waals surface area contributed by atoms with E-state index in [0.29, 0.717) is 13.1 Å². The lowest BCUT2D eigenvalue weighted by Crippen LogP contribution is -2.33. The molecule has 0 aromatic heterocycles. The van der Waals surface area contributed by atoms with E-state index in [1.54, 1.807) is 0 Å². The Kier molecular flexibility index (Phi) is 4.52. The van der Waals surface area contributed by atoms with Crippen molar-refractivity contribution in [3.05, 3.63) is 23.2 Å². The van der Waals surface area contributed by atoms with Gasteiger partial charge < -0.3 is 10.5 Å². The number of nitrogens with zero attached hydrogens (tertiary/aromatic N) is 1. The Bertz CT molecular complexity index is 701. The first-order chi connectivity index (χ1) is 10.8. The van der Waals surface area contributed by atoms with Gasteiger partial charge in [0, 0.05) is 19.1 Å². The maximum absolute atomic E-state index is 12.7. The Labute approximate surface area is 138 Å². The predicted octanol–water partition coefficient (Wildman–Crippen LogP) is 2.30. The van der Waals surface area contributed by atoms with Gasteiger partial charge in [-0.1, -0.05) is 11.6 Å². The Morgan fingerprint density at radius 1 is 1.30 bits per heavy atom. The zero-order valence-corrected chi connectivity index (χ0v) is 13.7. The number of alkyl halides is 2. The molecule has 1 saturated heterocycles. The number of hydrogen-bond acceptors (Lipinski definition) is 4. The molecule has 9 heteroatoms. The number of rotatable bonds is 4. The minimum Gasteiger partial charge on any atom is -0.433 e. The molecule has 3 unspecified atom stereocenters. The zero-order valence-electron chi connectivity index (χ0n) is 12.2. The number of ether oxygens (including phenoxy) is 1. The fourth-order valence-corrected chi connectivity index (χ4v) is 5.30. The lowest BCUT2D eigenvalue weighted by atomic mass is 9.98. The standard InChI is InChI=1S/C14H17ClF2N2O3S/c15-11-5-9(2-4-13(11)22-14(16)17)23(20,21)19-6-8-1-3-12(18)10(8)7-19/h2,4-5,8,10,12,14H,1,3,6-7,18H2. The van der Waals surface area contributed by atoms with Crippen LogP contribution in [0, 0.1) is 11.8 Å². The molecule has 1 aliphatic heterocycles. The molecular formula is C14H17ClF2N2O3S. The second-order valence-corrected chi connectivity index (χ2v) is 8.30. The minimum atomic E-state index is -3.72. The molecular weight excluding hydrogens is 350 g/mol. The SMILES string of the molecule is NC1CCC2CN(S(=O)(=O)c3ccc(OC(F)F)c(Cl)c3)CC12. The van der Waals surface area contributed by atoms with Crippen molar-refractivity contribution in [2.75, 3.05) is 13.1 Å². The summed E-state index contributed by atoms with van der Waals surface area (Å²) in [5, 5.41) is -0.164. The molecule has 1 aliphatic carbocycles. The molecule has 3 rings (SSSR count). The second-order valence-electron chi connectivity index (χ2n) is 5.96. The van der Waals surface area contributed by atoms with Crippen molar-refractivity contribution in [2.45, 2.75) is 30.4 Å². The number of sulfonamides is 1. The molecule has 0 spiro atoms. The highest BCUT2D eigenvalue weighted by molar-refractivity contribution is 7.89. The van der Waals surface area contributed by atoms with Crippen molar-refractivity contribution in [1.82, 2.24) is 4.31 Å². The van der Waals surface area contributed by atoms with Gasteiger partial charge in [0.25, 0.3) is 0 Å². The lowest BCUT2D eigenvalue weighted by molar-refractivity contribution is -0.0498. The highest BCUT2D eigenvalue weighted by Crippen LogP contribution is 2.40. The van der Waals surface area contributed by atoms with Crippen molar-refractivity contribution in [3.8, 4) is 5.75 Å². The summed E-state index contributed by atoms with van der Waals surface area (Å²) >= 11 is 5.84. The fourth-order valence-electron chi connectivity index (χ4n) is 3.45. The maximum atomic E-state index is 12.7. The molecule has 1 aromatic rings. The van der Waals surface area contributed by atoms with E-state index in [1.165, 1.54) is 10.4 Å². The quantitative estimate of drug-likeness (QED) is 0.887. The van der Waals surface area contributed by atoms with Gasteiger partial charge in [-0.05, 0) is 42.9 Å². The number of nitrogens with two attached hydrogens (primary N) is 1. The van der Waals surface area contributed by atoms with Crippen molar-refractivity contribution in [1.29, 1.82) is 0 Å². The average Bonchev–Trinajstić information content (AvgIpc) is 3.04. The monoisotopic (exact) mass is 366 g/mol. The van der Waals surface area contributed by atoms with Gasteiger partial charge in [0.05, 0.1) is 9.92 Å². The van der Waals surface area contributed by atoms with Crippen LogP contribution in [0.5, 0.6) is 5.75 Å².